The van der Waals surface area contributed by atoms with Crippen LogP contribution in [-0.2, 0) is 6.54 Å². The molecule has 0 radical (unpaired) electrons. The Morgan fingerprint density at radius 2 is 2.12 bits per heavy atom. The lowest BCUT2D eigenvalue weighted by atomic mass is 10.0. The maximum atomic E-state index is 11.1. The first-order valence-corrected chi connectivity index (χ1v) is 7.90. The van der Waals surface area contributed by atoms with Crippen LogP contribution in [0.4, 0.5) is 5.69 Å². The number of aliphatic hydroxyl groups excluding tert-OH is 1. The second kappa shape index (κ2) is 7.19. The minimum atomic E-state index is -0.244. The number of anilines is 1. The first-order chi connectivity index (χ1) is 11.6. The van der Waals surface area contributed by atoms with Gasteiger partial charge >= 0.3 is 0 Å². The average Bonchev–Trinajstić information content (AvgIpc) is 2.99. The minimum absolute atomic E-state index is 0.147. The zero-order valence-corrected chi connectivity index (χ0v) is 13.6. The van der Waals surface area contributed by atoms with Crippen LogP contribution in [0, 0.1) is 5.21 Å². The highest BCUT2D eigenvalue weighted by atomic mass is 16.8. The zero-order chi connectivity index (χ0) is 17.1. The summed E-state index contributed by atoms with van der Waals surface area (Å²) in [4.78, 5) is 2.21. The molecule has 2 N–H and O–H groups in total. The molecule has 0 unspecified atom stereocenters. The molecule has 2 aromatic rings. The van der Waals surface area contributed by atoms with Gasteiger partial charge in [-0.05, 0) is 41.8 Å². The number of hydrogen-bond donors (Lipinski definition) is 2. The van der Waals surface area contributed by atoms with Crippen molar-refractivity contribution < 1.29 is 15.1 Å². The van der Waals surface area contributed by atoms with E-state index in [1.807, 2.05) is 24.3 Å². The molecule has 3 rings (SSSR count). The molecule has 1 fully saturated rings. The molecular weight excluding hydrogens is 308 g/mol. The quantitative estimate of drug-likeness (QED) is 0.821. The van der Waals surface area contributed by atoms with Crippen molar-refractivity contribution in [2.75, 3.05) is 25.4 Å². The number of β-amino-alcohol motifs (C(OH)–C–C–N with tert-alkyl or cyclic N) is 1. The van der Waals surface area contributed by atoms with E-state index in [1.54, 1.807) is 25.3 Å². The van der Waals surface area contributed by atoms with E-state index in [-0.39, 0.29) is 17.0 Å². The highest BCUT2D eigenvalue weighted by Crippen LogP contribution is 2.33. The second-order valence-electron chi connectivity index (χ2n) is 6.04. The van der Waals surface area contributed by atoms with E-state index in [1.165, 1.54) is 0 Å². The van der Waals surface area contributed by atoms with Crippen LogP contribution in [0.3, 0.4) is 0 Å². The van der Waals surface area contributed by atoms with Crippen molar-refractivity contribution in [3.05, 3.63) is 53.2 Å². The van der Waals surface area contributed by atoms with Gasteiger partial charge in [0.15, 0.2) is 0 Å². The van der Waals surface area contributed by atoms with Crippen LogP contribution >= 0.6 is 0 Å². The smallest absolute Gasteiger partial charge is 0.126 e. The lowest BCUT2D eigenvalue weighted by molar-refractivity contribution is 0.175. The van der Waals surface area contributed by atoms with Gasteiger partial charge in [0, 0.05) is 25.2 Å². The summed E-state index contributed by atoms with van der Waals surface area (Å²) in [5.41, 5.74) is 2.93. The van der Waals surface area contributed by atoms with Gasteiger partial charge in [0.25, 0.3) is 0 Å². The molecule has 1 aliphatic rings. The fraction of sp³-hybridized carbons (Fsp3) is 0.333. The summed E-state index contributed by atoms with van der Waals surface area (Å²) in [5, 5.41) is 29.7. The summed E-state index contributed by atoms with van der Waals surface area (Å²) in [6.45, 7) is 2.32. The molecule has 6 heteroatoms. The Morgan fingerprint density at radius 1 is 1.29 bits per heavy atom. The van der Waals surface area contributed by atoms with Gasteiger partial charge in [-0.15, -0.1) is 0 Å². The van der Waals surface area contributed by atoms with Crippen LogP contribution in [0.25, 0.3) is 11.1 Å². The topological polar surface area (TPSA) is 79.2 Å². The number of methoxy groups -OCH3 is 1. The van der Waals surface area contributed by atoms with Crippen molar-refractivity contribution in [3.63, 3.8) is 0 Å². The fourth-order valence-electron chi connectivity index (χ4n) is 3.09. The zero-order valence-electron chi connectivity index (χ0n) is 13.6. The number of ether oxygens (including phenoxy) is 1. The first kappa shape index (κ1) is 16.7. The van der Waals surface area contributed by atoms with Crippen molar-refractivity contribution in [1.82, 2.24) is 4.90 Å². The van der Waals surface area contributed by atoms with Gasteiger partial charge in [-0.25, -0.2) is 0 Å². The number of hydrogen-bond acceptors (Lipinski definition) is 6. The molecule has 24 heavy (non-hydrogen) atoms. The maximum Gasteiger partial charge on any atom is 0.126 e. The summed E-state index contributed by atoms with van der Waals surface area (Å²) in [7, 11) is 1.60. The molecule has 0 aliphatic carbocycles. The number of nitrogens with zero attached hydrogens (tertiary/aromatic N) is 2. The molecule has 1 atom stereocenters. The van der Waals surface area contributed by atoms with Gasteiger partial charge in [0.2, 0.25) is 0 Å². The summed E-state index contributed by atoms with van der Waals surface area (Å²) < 4.78 is 5.43. The van der Waals surface area contributed by atoms with E-state index in [0.29, 0.717) is 12.3 Å². The highest BCUT2D eigenvalue weighted by Gasteiger charge is 2.20. The molecule has 1 heterocycles. The van der Waals surface area contributed by atoms with Gasteiger partial charge in [0.05, 0.1) is 18.9 Å². The molecule has 0 bridgehead atoms. The minimum Gasteiger partial charge on any atom is -0.733 e. The summed E-state index contributed by atoms with van der Waals surface area (Å²) >= 11 is 0. The Labute approximate surface area is 141 Å². The SMILES string of the molecule is COc1ccc(CN2CC[C@@H](O)C2)cc1-c1cccc(N([O-])O)c1. The van der Waals surface area contributed by atoms with Crippen molar-refractivity contribution in [2.45, 2.75) is 19.1 Å². The van der Waals surface area contributed by atoms with Gasteiger partial charge in [-0.2, -0.15) is 0 Å². The Bertz CT molecular complexity index is 705. The Morgan fingerprint density at radius 3 is 2.79 bits per heavy atom. The van der Waals surface area contributed by atoms with E-state index in [9.17, 15) is 10.3 Å². The lowest BCUT2D eigenvalue weighted by Gasteiger charge is -2.22. The summed E-state index contributed by atoms with van der Waals surface area (Å²) in [5.74, 6) is 0.702. The Balaban J connectivity index is 1.91. The molecule has 1 saturated heterocycles. The monoisotopic (exact) mass is 329 g/mol. The van der Waals surface area contributed by atoms with Crippen molar-refractivity contribution in [3.8, 4) is 16.9 Å². The Hall–Kier alpha value is -2.12. The highest BCUT2D eigenvalue weighted by molar-refractivity contribution is 5.74. The van der Waals surface area contributed by atoms with Gasteiger partial charge in [0.1, 0.15) is 5.75 Å². The number of benzene rings is 2. The first-order valence-electron chi connectivity index (χ1n) is 7.90. The van der Waals surface area contributed by atoms with Crippen LogP contribution < -0.4 is 9.96 Å². The van der Waals surface area contributed by atoms with E-state index in [0.717, 1.165) is 36.2 Å². The van der Waals surface area contributed by atoms with Crippen LogP contribution in [0.5, 0.6) is 5.75 Å². The van der Waals surface area contributed by atoms with Gasteiger partial charge in [-0.3, -0.25) is 10.1 Å². The largest absolute Gasteiger partial charge is 0.733 e. The number of likely N-dealkylation sites (tertiary alicyclic amines) is 1. The van der Waals surface area contributed by atoms with Crippen molar-refractivity contribution in [2.24, 2.45) is 0 Å². The standard InChI is InChI=1S/C18H21N2O4/c1-24-18-6-5-13(11-19-8-7-16(21)12-19)9-17(18)14-3-2-4-15(10-14)20(22)23/h2-6,9-10,16,21-22H,7-8,11-12H2,1H3/q-1/t16-/m1/s1. The third-order valence-electron chi connectivity index (χ3n) is 4.30. The summed E-state index contributed by atoms with van der Waals surface area (Å²) in [6, 6.07) is 12.7. The predicted octanol–water partition coefficient (Wildman–Crippen LogP) is 2.62. The van der Waals surface area contributed by atoms with Crippen LogP contribution in [-0.4, -0.2) is 41.5 Å². The van der Waals surface area contributed by atoms with Crippen molar-refractivity contribution >= 4 is 5.69 Å². The van der Waals surface area contributed by atoms with Crippen LogP contribution in [0.1, 0.15) is 12.0 Å². The number of rotatable bonds is 5. The van der Waals surface area contributed by atoms with Crippen molar-refractivity contribution in [1.29, 1.82) is 0 Å². The van der Waals surface area contributed by atoms with Crippen LogP contribution in [0.2, 0.25) is 0 Å². The molecular formula is C18H21N2O4-. The molecule has 0 aromatic heterocycles. The Kier molecular flexibility index (Phi) is 5.01. The van der Waals surface area contributed by atoms with Crippen LogP contribution in [0.15, 0.2) is 42.5 Å². The van der Waals surface area contributed by atoms with Gasteiger partial charge < -0.3 is 20.3 Å². The molecule has 1 aliphatic heterocycles. The third kappa shape index (κ3) is 3.68. The third-order valence-corrected chi connectivity index (χ3v) is 4.30. The lowest BCUT2D eigenvalue weighted by Crippen LogP contribution is -2.21. The normalized spacial score (nSPS) is 17.9. The van der Waals surface area contributed by atoms with E-state index in [4.69, 9.17) is 9.94 Å². The predicted molar refractivity (Wildman–Crippen MR) is 92.0 cm³/mol. The maximum absolute atomic E-state index is 11.1. The molecule has 2 aromatic carbocycles. The molecule has 128 valence electrons. The molecule has 0 amide bonds. The molecule has 0 saturated carbocycles. The average molecular weight is 329 g/mol. The second-order valence-corrected chi connectivity index (χ2v) is 6.04. The fourth-order valence-corrected chi connectivity index (χ4v) is 3.09. The van der Waals surface area contributed by atoms with E-state index >= 15 is 0 Å². The summed E-state index contributed by atoms with van der Waals surface area (Å²) in [6.07, 6.45) is 0.563. The van der Waals surface area contributed by atoms with E-state index in [2.05, 4.69) is 4.90 Å². The van der Waals surface area contributed by atoms with Gasteiger partial charge in [-0.1, -0.05) is 18.2 Å². The van der Waals surface area contributed by atoms with E-state index < -0.39 is 0 Å². The number of aliphatic hydroxyl groups is 1. The molecule has 6 nitrogen and oxygen atoms in total. The molecule has 0 spiro atoms.